The molecule has 6 nitrogen and oxygen atoms in total. The number of rotatable bonds is 4. The molecule has 0 bridgehead atoms. The van der Waals surface area contributed by atoms with Crippen molar-refractivity contribution in [1.29, 1.82) is 0 Å². The smallest absolute Gasteiger partial charge is 0.276 e. The lowest BCUT2D eigenvalue weighted by Gasteiger charge is -2.39. The van der Waals surface area contributed by atoms with Crippen LogP contribution in [-0.2, 0) is 11.8 Å². The number of likely N-dealkylation sites (N-methyl/N-ethyl adjacent to an activating group) is 1. The van der Waals surface area contributed by atoms with Gasteiger partial charge in [-0.05, 0) is 13.3 Å². The van der Waals surface area contributed by atoms with Crippen LogP contribution in [-0.4, -0.2) is 57.6 Å². The summed E-state index contributed by atoms with van der Waals surface area (Å²) in [4.78, 5) is 28.5. The van der Waals surface area contributed by atoms with Crippen LogP contribution in [0.1, 0.15) is 42.4 Å². The maximum atomic E-state index is 12.8. The predicted molar refractivity (Wildman–Crippen MR) is 84.9 cm³/mol. The van der Waals surface area contributed by atoms with E-state index in [9.17, 15) is 9.59 Å². The molecule has 2 amide bonds. The zero-order valence-corrected chi connectivity index (χ0v) is 14.4. The third kappa shape index (κ3) is 2.97. The number of aryl methyl sites for hydroxylation is 1. The van der Waals surface area contributed by atoms with Crippen LogP contribution in [0.2, 0.25) is 5.02 Å². The molecule has 0 aliphatic carbocycles. The van der Waals surface area contributed by atoms with E-state index in [1.54, 1.807) is 28.6 Å². The Morgan fingerprint density at radius 3 is 2.59 bits per heavy atom. The number of aromatic nitrogens is 2. The van der Waals surface area contributed by atoms with Crippen molar-refractivity contribution in [3.05, 3.63) is 16.4 Å². The van der Waals surface area contributed by atoms with Crippen LogP contribution in [0, 0.1) is 6.92 Å². The Labute approximate surface area is 136 Å². The molecule has 1 aliphatic rings. The second-order valence-corrected chi connectivity index (χ2v) is 6.17. The molecule has 0 aromatic carbocycles. The van der Waals surface area contributed by atoms with Gasteiger partial charge in [-0.25, -0.2) is 0 Å². The quantitative estimate of drug-likeness (QED) is 0.848. The summed E-state index contributed by atoms with van der Waals surface area (Å²) in [5, 5.41) is 4.58. The SMILES string of the molecule is CCCC[C@@H]1C(=O)N(C)CCN1C(=O)c1nn(C)c(C)c1Cl. The van der Waals surface area contributed by atoms with E-state index in [4.69, 9.17) is 11.6 Å². The van der Waals surface area contributed by atoms with E-state index in [-0.39, 0.29) is 17.5 Å². The molecule has 7 heteroatoms. The normalized spacial score (nSPS) is 19.0. The lowest BCUT2D eigenvalue weighted by Crippen LogP contribution is -2.57. The Hall–Kier alpha value is -1.56. The van der Waals surface area contributed by atoms with Gasteiger partial charge < -0.3 is 9.80 Å². The molecule has 0 spiro atoms. The zero-order chi connectivity index (χ0) is 16.4. The Kier molecular flexibility index (Phi) is 5.11. The Morgan fingerprint density at radius 2 is 2.05 bits per heavy atom. The van der Waals surface area contributed by atoms with Gasteiger partial charge in [0.1, 0.15) is 6.04 Å². The Bertz CT molecular complexity index is 584. The molecule has 1 aliphatic heterocycles. The minimum atomic E-state index is -0.412. The summed E-state index contributed by atoms with van der Waals surface area (Å²) in [6, 6.07) is -0.412. The fourth-order valence-corrected chi connectivity index (χ4v) is 2.93. The van der Waals surface area contributed by atoms with E-state index in [2.05, 4.69) is 12.0 Å². The van der Waals surface area contributed by atoms with E-state index in [0.717, 1.165) is 18.5 Å². The van der Waals surface area contributed by atoms with Crippen molar-refractivity contribution in [3.8, 4) is 0 Å². The van der Waals surface area contributed by atoms with Crippen LogP contribution in [0.25, 0.3) is 0 Å². The number of unbranched alkanes of at least 4 members (excludes halogenated alkanes) is 1. The third-order valence-corrected chi connectivity index (χ3v) is 4.72. The van der Waals surface area contributed by atoms with Gasteiger partial charge in [-0.1, -0.05) is 31.4 Å². The largest absolute Gasteiger partial charge is 0.342 e. The number of carbonyl (C=O) groups excluding carboxylic acids is 2. The highest BCUT2D eigenvalue weighted by Crippen LogP contribution is 2.24. The first-order valence-corrected chi connectivity index (χ1v) is 8.01. The Balaban J connectivity index is 2.29. The number of nitrogens with zero attached hydrogens (tertiary/aromatic N) is 4. The van der Waals surface area contributed by atoms with Gasteiger partial charge >= 0.3 is 0 Å². The fourth-order valence-electron chi connectivity index (χ4n) is 2.69. The van der Waals surface area contributed by atoms with Crippen molar-refractivity contribution in [2.45, 2.75) is 39.2 Å². The van der Waals surface area contributed by atoms with Gasteiger partial charge in [0.15, 0.2) is 5.69 Å². The van der Waals surface area contributed by atoms with E-state index in [1.807, 2.05) is 6.92 Å². The molecule has 0 N–H and O–H groups in total. The van der Waals surface area contributed by atoms with Crippen LogP contribution >= 0.6 is 11.6 Å². The third-order valence-electron chi connectivity index (χ3n) is 4.27. The van der Waals surface area contributed by atoms with Gasteiger partial charge in [-0.3, -0.25) is 14.3 Å². The molecule has 122 valence electrons. The minimum absolute atomic E-state index is 0.00294. The van der Waals surface area contributed by atoms with Gasteiger partial charge in [0.05, 0.1) is 10.7 Å². The molecule has 0 radical (unpaired) electrons. The average molecular weight is 327 g/mol. The second kappa shape index (κ2) is 6.69. The van der Waals surface area contributed by atoms with Crippen LogP contribution in [0.15, 0.2) is 0 Å². The van der Waals surface area contributed by atoms with Crippen molar-refractivity contribution < 1.29 is 9.59 Å². The summed E-state index contributed by atoms with van der Waals surface area (Å²) < 4.78 is 1.59. The lowest BCUT2D eigenvalue weighted by atomic mass is 10.0. The molecule has 1 fully saturated rings. The zero-order valence-electron chi connectivity index (χ0n) is 13.6. The van der Waals surface area contributed by atoms with E-state index in [0.29, 0.717) is 24.5 Å². The van der Waals surface area contributed by atoms with Crippen molar-refractivity contribution in [3.63, 3.8) is 0 Å². The van der Waals surface area contributed by atoms with Crippen molar-refractivity contribution in [1.82, 2.24) is 19.6 Å². The van der Waals surface area contributed by atoms with Crippen molar-refractivity contribution in [2.24, 2.45) is 7.05 Å². The number of carbonyl (C=O) groups is 2. The highest BCUT2D eigenvalue weighted by atomic mass is 35.5. The predicted octanol–water partition coefficient (Wildman–Crippen LogP) is 1.85. The molecule has 22 heavy (non-hydrogen) atoms. The Morgan fingerprint density at radius 1 is 1.36 bits per heavy atom. The van der Waals surface area contributed by atoms with Crippen LogP contribution in [0.5, 0.6) is 0 Å². The summed E-state index contributed by atoms with van der Waals surface area (Å²) in [6.07, 6.45) is 2.57. The van der Waals surface area contributed by atoms with E-state index >= 15 is 0 Å². The highest BCUT2D eigenvalue weighted by Gasteiger charge is 2.37. The standard InChI is InChI=1S/C15H23ClN4O2/c1-5-6-7-11-14(21)18(3)8-9-20(11)15(22)13-12(16)10(2)19(4)17-13/h11H,5-9H2,1-4H3/t11-/m1/s1. The van der Waals surface area contributed by atoms with Gasteiger partial charge in [-0.2, -0.15) is 5.10 Å². The monoisotopic (exact) mass is 326 g/mol. The summed E-state index contributed by atoms with van der Waals surface area (Å²) in [7, 11) is 3.53. The molecular formula is C15H23ClN4O2. The summed E-state index contributed by atoms with van der Waals surface area (Å²) >= 11 is 6.22. The van der Waals surface area contributed by atoms with Gasteiger partial charge in [0, 0.05) is 27.2 Å². The van der Waals surface area contributed by atoms with Crippen molar-refractivity contribution >= 4 is 23.4 Å². The minimum Gasteiger partial charge on any atom is -0.342 e. The molecule has 1 atom stereocenters. The first-order chi connectivity index (χ1) is 10.4. The number of halogens is 1. The van der Waals surface area contributed by atoms with Gasteiger partial charge in [0.2, 0.25) is 5.91 Å². The van der Waals surface area contributed by atoms with Crippen LogP contribution < -0.4 is 0 Å². The summed E-state index contributed by atoms with van der Waals surface area (Å²) in [6.45, 7) is 4.94. The number of amides is 2. The topological polar surface area (TPSA) is 58.4 Å². The highest BCUT2D eigenvalue weighted by molar-refractivity contribution is 6.34. The van der Waals surface area contributed by atoms with Gasteiger partial charge in [-0.15, -0.1) is 0 Å². The molecule has 2 heterocycles. The molecule has 1 aromatic heterocycles. The molecule has 1 aromatic rings. The molecule has 0 unspecified atom stereocenters. The lowest BCUT2D eigenvalue weighted by molar-refractivity contribution is -0.138. The summed E-state index contributed by atoms with van der Waals surface area (Å²) in [5.41, 5.74) is 0.982. The first-order valence-electron chi connectivity index (χ1n) is 7.63. The first kappa shape index (κ1) is 16.8. The van der Waals surface area contributed by atoms with Crippen LogP contribution in [0.3, 0.4) is 0 Å². The van der Waals surface area contributed by atoms with E-state index in [1.165, 1.54) is 0 Å². The second-order valence-electron chi connectivity index (χ2n) is 5.79. The maximum absolute atomic E-state index is 12.8. The average Bonchev–Trinajstić information content (AvgIpc) is 2.75. The number of hydrogen-bond acceptors (Lipinski definition) is 3. The molecular weight excluding hydrogens is 304 g/mol. The van der Waals surface area contributed by atoms with Crippen molar-refractivity contribution in [2.75, 3.05) is 20.1 Å². The van der Waals surface area contributed by atoms with Gasteiger partial charge in [0.25, 0.3) is 5.91 Å². The number of hydrogen-bond donors (Lipinski definition) is 0. The van der Waals surface area contributed by atoms with E-state index < -0.39 is 6.04 Å². The summed E-state index contributed by atoms with van der Waals surface area (Å²) in [5.74, 6) is -0.256. The molecule has 1 saturated heterocycles. The molecule has 2 rings (SSSR count). The molecule has 0 saturated carbocycles. The maximum Gasteiger partial charge on any atom is 0.276 e. The fraction of sp³-hybridized carbons (Fsp3) is 0.667. The number of piperazine rings is 1. The van der Waals surface area contributed by atoms with Crippen LogP contribution in [0.4, 0.5) is 0 Å².